The lowest BCUT2D eigenvalue weighted by atomic mass is 9.94. The van der Waals surface area contributed by atoms with E-state index in [0.717, 1.165) is 32.1 Å². The summed E-state index contributed by atoms with van der Waals surface area (Å²) in [6.45, 7) is 1.15. The summed E-state index contributed by atoms with van der Waals surface area (Å²) in [6, 6.07) is 5.32. The van der Waals surface area contributed by atoms with Crippen molar-refractivity contribution < 1.29 is 22.7 Å². The number of rotatable bonds is 7. The highest BCUT2D eigenvalue weighted by molar-refractivity contribution is 7.89. The second-order valence-electron chi connectivity index (χ2n) is 8.13. The number of ether oxygens (including phenoxy) is 2. The number of sulfonamides is 1. The highest BCUT2D eigenvalue weighted by Gasteiger charge is 2.37. The van der Waals surface area contributed by atoms with Crippen LogP contribution in [-0.2, 0) is 14.8 Å². The molecule has 1 aromatic rings. The van der Waals surface area contributed by atoms with Crippen LogP contribution in [0.15, 0.2) is 23.1 Å². The predicted molar refractivity (Wildman–Crippen MR) is 109 cm³/mol. The van der Waals surface area contributed by atoms with Crippen molar-refractivity contribution in [3.63, 3.8) is 0 Å². The number of nitrogens with zero attached hydrogens (tertiary/aromatic N) is 1. The van der Waals surface area contributed by atoms with Crippen LogP contribution in [0.3, 0.4) is 0 Å². The molecule has 1 amide bonds. The first-order valence-corrected chi connectivity index (χ1v) is 12.2. The summed E-state index contributed by atoms with van der Waals surface area (Å²) in [4.78, 5) is 15.0. The van der Waals surface area contributed by atoms with Crippen molar-refractivity contribution in [1.29, 1.82) is 0 Å². The number of hydrogen-bond acceptors (Lipinski definition) is 5. The maximum atomic E-state index is 12.8. The number of benzene rings is 1. The van der Waals surface area contributed by atoms with Gasteiger partial charge in [-0.1, -0.05) is 19.3 Å². The van der Waals surface area contributed by atoms with E-state index in [1.54, 1.807) is 6.07 Å². The molecule has 3 aliphatic rings. The van der Waals surface area contributed by atoms with E-state index >= 15 is 0 Å². The Morgan fingerprint density at radius 1 is 0.966 bits per heavy atom. The molecule has 0 saturated heterocycles. The van der Waals surface area contributed by atoms with Crippen molar-refractivity contribution in [3.8, 4) is 11.5 Å². The molecule has 0 atom stereocenters. The first-order chi connectivity index (χ1) is 14.0. The third kappa shape index (κ3) is 5.04. The van der Waals surface area contributed by atoms with Crippen molar-refractivity contribution in [2.75, 3.05) is 19.8 Å². The number of carbonyl (C=O) groups is 1. The van der Waals surface area contributed by atoms with E-state index in [2.05, 4.69) is 9.62 Å². The third-order valence-electron chi connectivity index (χ3n) is 5.86. The summed E-state index contributed by atoms with van der Waals surface area (Å²) < 4.78 is 39.0. The molecular formula is C21H30N2O5S. The van der Waals surface area contributed by atoms with Gasteiger partial charge in [0.05, 0.1) is 18.1 Å². The van der Waals surface area contributed by atoms with E-state index in [1.165, 1.54) is 31.4 Å². The van der Waals surface area contributed by atoms with Gasteiger partial charge < -0.3 is 14.4 Å². The van der Waals surface area contributed by atoms with E-state index in [9.17, 15) is 13.2 Å². The molecule has 0 radical (unpaired) electrons. The molecule has 0 aromatic heterocycles. The zero-order valence-electron chi connectivity index (χ0n) is 16.8. The van der Waals surface area contributed by atoms with Crippen LogP contribution in [0.5, 0.6) is 11.5 Å². The summed E-state index contributed by atoms with van der Waals surface area (Å²) in [5.41, 5.74) is 0. The highest BCUT2D eigenvalue weighted by atomic mass is 32.2. The molecule has 1 N–H and O–H groups in total. The summed E-state index contributed by atoms with van der Waals surface area (Å²) in [7, 11) is -3.71. The Hall–Kier alpha value is -1.80. The SMILES string of the molecule is O=C(CCNS(=O)(=O)c1ccc2c(c1)OCCCO2)N(C1CCCCC1)C1CC1. The maximum absolute atomic E-state index is 12.8. The van der Waals surface area contributed by atoms with Gasteiger partial charge in [0.2, 0.25) is 15.9 Å². The largest absolute Gasteiger partial charge is 0.490 e. The molecule has 1 heterocycles. The number of amides is 1. The van der Waals surface area contributed by atoms with E-state index in [4.69, 9.17) is 9.47 Å². The zero-order chi connectivity index (χ0) is 20.3. The smallest absolute Gasteiger partial charge is 0.240 e. The van der Waals surface area contributed by atoms with Gasteiger partial charge in [0, 0.05) is 37.5 Å². The maximum Gasteiger partial charge on any atom is 0.240 e. The first-order valence-electron chi connectivity index (χ1n) is 10.7. The number of hydrogen-bond donors (Lipinski definition) is 1. The van der Waals surface area contributed by atoms with Crippen molar-refractivity contribution in [1.82, 2.24) is 9.62 Å². The Bertz CT molecular complexity index is 831. The number of nitrogens with one attached hydrogen (secondary N) is 1. The van der Waals surface area contributed by atoms with Crippen LogP contribution in [-0.4, -0.2) is 51.1 Å². The quantitative estimate of drug-likeness (QED) is 0.730. The molecule has 2 saturated carbocycles. The van der Waals surface area contributed by atoms with Gasteiger partial charge in [-0.2, -0.15) is 0 Å². The molecule has 1 aliphatic heterocycles. The highest BCUT2D eigenvalue weighted by Crippen LogP contribution is 2.34. The minimum absolute atomic E-state index is 0.0701. The number of fused-ring (bicyclic) bond motifs is 1. The van der Waals surface area contributed by atoms with Gasteiger partial charge in [-0.3, -0.25) is 4.79 Å². The summed E-state index contributed by atoms with van der Waals surface area (Å²) >= 11 is 0. The molecule has 29 heavy (non-hydrogen) atoms. The lowest BCUT2D eigenvalue weighted by Crippen LogP contribution is -2.44. The molecule has 0 bridgehead atoms. The third-order valence-corrected chi connectivity index (χ3v) is 7.32. The molecule has 0 spiro atoms. The van der Waals surface area contributed by atoms with E-state index in [1.807, 2.05) is 0 Å². The Kier molecular flexibility index (Phi) is 6.29. The molecule has 1 aromatic carbocycles. The fourth-order valence-electron chi connectivity index (χ4n) is 4.23. The van der Waals surface area contributed by atoms with Crippen LogP contribution in [0.25, 0.3) is 0 Å². The molecule has 8 heteroatoms. The van der Waals surface area contributed by atoms with Gasteiger partial charge in [0.1, 0.15) is 0 Å². The molecule has 2 fully saturated rings. The van der Waals surface area contributed by atoms with Crippen LogP contribution in [0.1, 0.15) is 57.8 Å². The first kappa shape index (κ1) is 20.5. The van der Waals surface area contributed by atoms with Crippen molar-refractivity contribution in [3.05, 3.63) is 18.2 Å². The van der Waals surface area contributed by atoms with E-state index in [0.29, 0.717) is 36.8 Å². The van der Waals surface area contributed by atoms with Gasteiger partial charge in [0.25, 0.3) is 0 Å². The summed E-state index contributed by atoms with van der Waals surface area (Å²) in [5, 5.41) is 0. The van der Waals surface area contributed by atoms with Crippen LogP contribution >= 0.6 is 0 Å². The number of carbonyl (C=O) groups excluding carboxylic acids is 1. The van der Waals surface area contributed by atoms with Gasteiger partial charge in [-0.25, -0.2) is 13.1 Å². The molecule has 4 rings (SSSR count). The van der Waals surface area contributed by atoms with Crippen LogP contribution < -0.4 is 14.2 Å². The molecule has 7 nitrogen and oxygen atoms in total. The predicted octanol–water partition coefficient (Wildman–Crippen LogP) is 2.84. The van der Waals surface area contributed by atoms with Crippen LogP contribution in [0.4, 0.5) is 0 Å². The summed E-state index contributed by atoms with van der Waals surface area (Å²) in [5.74, 6) is 1.07. The molecule has 0 unspecified atom stereocenters. The van der Waals surface area contributed by atoms with Gasteiger partial charge >= 0.3 is 0 Å². The average Bonchev–Trinajstić information content (AvgIpc) is 3.55. The van der Waals surface area contributed by atoms with Crippen molar-refractivity contribution in [2.24, 2.45) is 0 Å². The molecule has 2 aliphatic carbocycles. The van der Waals surface area contributed by atoms with Crippen LogP contribution in [0, 0.1) is 0 Å². The summed E-state index contributed by atoms with van der Waals surface area (Å²) in [6.07, 6.45) is 8.85. The topological polar surface area (TPSA) is 84.9 Å². The normalized spacial score (nSPS) is 20.1. The van der Waals surface area contributed by atoms with Crippen molar-refractivity contribution >= 4 is 15.9 Å². The van der Waals surface area contributed by atoms with Gasteiger partial charge in [-0.05, 0) is 37.8 Å². The second kappa shape index (κ2) is 8.92. The zero-order valence-corrected chi connectivity index (χ0v) is 17.6. The standard InChI is InChI=1S/C21H30N2O5S/c24-21(23(17-7-8-17)16-5-2-1-3-6-16)11-12-22-29(25,26)18-9-10-19-20(15-18)28-14-4-13-27-19/h9-10,15-17,22H,1-8,11-14H2. The van der Waals surface area contributed by atoms with Gasteiger partial charge in [-0.15, -0.1) is 0 Å². The minimum Gasteiger partial charge on any atom is -0.490 e. The minimum atomic E-state index is -3.71. The van der Waals surface area contributed by atoms with E-state index in [-0.39, 0.29) is 23.8 Å². The fraction of sp³-hybridized carbons (Fsp3) is 0.667. The Labute approximate surface area is 172 Å². The van der Waals surface area contributed by atoms with E-state index < -0.39 is 10.0 Å². The van der Waals surface area contributed by atoms with Crippen LogP contribution in [0.2, 0.25) is 0 Å². The average molecular weight is 423 g/mol. The second-order valence-corrected chi connectivity index (χ2v) is 9.90. The lowest BCUT2D eigenvalue weighted by Gasteiger charge is -2.34. The van der Waals surface area contributed by atoms with Crippen molar-refractivity contribution in [2.45, 2.75) is 74.8 Å². The monoisotopic (exact) mass is 422 g/mol. The Morgan fingerprint density at radius 2 is 1.66 bits per heavy atom. The Morgan fingerprint density at radius 3 is 2.38 bits per heavy atom. The van der Waals surface area contributed by atoms with Gasteiger partial charge in [0.15, 0.2) is 11.5 Å². The Balaban J connectivity index is 1.35. The molecule has 160 valence electrons. The molecular weight excluding hydrogens is 392 g/mol. The fourth-order valence-corrected chi connectivity index (χ4v) is 5.28. The lowest BCUT2D eigenvalue weighted by molar-refractivity contribution is -0.134.